The molecule has 98 valence electrons. The first-order chi connectivity index (χ1) is 8.35. The van der Waals surface area contributed by atoms with Crippen LogP contribution in [0.3, 0.4) is 0 Å². The Bertz CT molecular complexity index is 430. The van der Waals surface area contributed by atoms with Crippen molar-refractivity contribution in [2.45, 2.75) is 50.7 Å². The van der Waals surface area contributed by atoms with Crippen LogP contribution in [0.2, 0.25) is 0 Å². The molecule has 3 nitrogen and oxygen atoms in total. The molecule has 0 saturated heterocycles. The molecule has 0 bridgehead atoms. The van der Waals surface area contributed by atoms with E-state index >= 15 is 0 Å². The third-order valence-electron chi connectivity index (χ3n) is 3.39. The minimum atomic E-state index is -0.570. The molecular weight excluding hydrogens is 226 g/mol. The Morgan fingerprint density at radius 1 is 1.28 bits per heavy atom. The van der Waals surface area contributed by atoms with Gasteiger partial charge in [0.1, 0.15) is 11.6 Å². The second-order valence-corrected chi connectivity index (χ2v) is 6.03. The predicted molar refractivity (Wildman–Crippen MR) is 71.2 cm³/mol. The molecule has 18 heavy (non-hydrogen) atoms. The van der Waals surface area contributed by atoms with Crippen LogP contribution < -0.4 is 5.73 Å². The maximum absolute atomic E-state index is 12.1. The summed E-state index contributed by atoms with van der Waals surface area (Å²) in [5.74, 6) is -0.302. The molecule has 1 aromatic carbocycles. The summed E-state index contributed by atoms with van der Waals surface area (Å²) >= 11 is 0. The smallest absolute Gasteiger partial charge is 0.324 e. The Balaban J connectivity index is 2.14. The molecule has 0 spiro atoms. The van der Waals surface area contributed by atoms with Gasteiger partial charge < -0.3 is 10.5 Å². The third kappa shape index (κ3) is 2.56. The number of rotatable bonds is 3. The van der Waals surface area contributed by atoms with Crippen LogP contribution in [-0.2, 0) is 14.9 Å². The second kappa shape index (κ2) is 4.39. The summed E-state index contributed by atoms with van der Waals surface area (Å²) in [6, 6.07) is 9.45. The number of hydrogen-bond acceptors (Lipinski definition) is 3. The van der Waals surface area contributed by atoms with E-state index in [1.165, 1.54) is 0 Å². The topological polar surface area (TPSA) is 52.3 Å². The molecule has 1 aliphatic rings. The van der Waals surface area contributed by atoms with Crippen molar-refractivity contribution in [2.75, 3.05) is 0 Å². The van der Waals surface area contributed by atoms with Crippen LogP contribution in [0.15, 0.2) is 30.3 Å². The van der Waals surface area contributed by atoms with Crippen LogP contribution in [0, 0.1) is 0 Å². The first-order valence-corrected chi connectivity index (χ1v) is 6.39. The molecule has 1 aromatic rings. The Labute approximate surface area is 108 Å². The fourth-order valence-corrected chi connectivity index (χ4v) is 2.27. The fraction of sp³-hybridized carbons (Fsp3) is 0.533. The molecule has 3 heteroatoms. The maximum atomic E-state index is 12.1. The number of benzene rings is 1. The normalized spacial score (nSPS) is 19.1. The van der Waals surface area contributed by atoms with Crippen LogP contribution in [0.4, 0.5) is 0 Å². The summed E-state index contributed by atoms with van der Waals surface area (Å²) in [6.45, 7) is 5.58. The molecule has 0 heterocycles. The van der Waals surface area contributed by atoms with Crippen LogP contribution in [0.25, 0.3) is 0 Å². The van der Waals surface area contributed by atoms with Gasteiger partial charge in [0.25, 0.3) is 0 Å². The SMILES string of the molecule is CC(C)(C)OC(=O)[C@@H](N)C1(c2ccccc2)CC1. The van der Waals surface area contributed by atoms with Crippen LogP contribution in [0.1, 0.15) is 39.2 Å². The van der Waals surface area contributed by atoms with Crippen molar-refractivity contribution in [2.24, 2.45) is 5.73 Å². The predicted octanol–water partition coefficient (Wildman–Crippen LogP) is 2.39. The lowest BCUT2D eigenvalue weighted by atomic mass is 9.88. The minimum Gasteiger partial charge on any atom is -0.459 e. The van der Waals surface area contributed by atoms with E-state index in [-0.39, 0.29) is 11.4 Å². The van der Waals surface area contributed by atoms with Gasteiger partial charge in [-0.15, -0.1) is 0 Å². The van der Waals surface area contributed by atoms with Crippen molar-refractivity contribution in [3.8, 4) is 0 Å². The molecular formula is C15H21NO2. The van der Waals surface area contributed by atoms with Crippen LogP contribution in [-0.4, -0.2) is 17.6 Å². The summed E-state index contributed by atoms with van der Waals surface area (Å²) < 4.78 is 5.38. The lowest BCUT2D eigenvalue weighted by molar-refractivity contribution is -0.157. The standard InChI is InChI=1S/C15H21NO2/c1-14(2,3)18-13(17)12(16)15(9-10-15)11-7-5-4-6-8-11/h4-8,12H,9-10,16H2,1-3H3/t12-/m1/s1. The number of carbonyl (C=O) groups is 1. The Kier molecular flexibility index (Phi) is 3.20. The monoisotopic (exact) mass is 247 g/mol. The first kappa shape index (κ1) is 13.1. The number of carbonyl (C=O) groups excluding carboxylic acids is 1. The zero-order chi connectivity index (χ0) is 13.4. The molecule has 0 unspecified atom stereocenters. The summed E-state index contributed by atoms with van der Waals surface area (Å²) in [4.78, 5) is 12.1. The van der Waals surface area contributed by atoms with Crippen molar-refractivity contribution in [1.82, 2.24) is 0 Å². The van der Waals surface area contributed by atoms with Gasteiger partial charge in [0, 0.05) is 5.41 Å². The van der Waals surface area contributed by atoms with Gasteiger partial charge in [0.05, 0.1) is 0 Å². The van der Waals surface area contributed by atoms with E-state index in [2.05, 4.69) is 0 Å². The van der Waals surface area contributed by atoms with Crippen molar-refractivity contribution in [1.29, 1.82) is 0 Å². The molecule has 1 fully saturated rings. The van der Waals surface area contributed by atoms with E-state index < -0.39 is 11.6 Å². The van der Waals surface area contributed by atoms with Gasteiger partial charge >= 0.3 is 5.97 Å². The van der Waals surface area contributed by atoms with E-state index in [1.807, 2.05) is 51.1 Å². The molecule has 0 radical (unpaired) electrons. The highest BCUT2D eigenvalue weighted by Gasteiger charge is 2.53. The van der Waals surface area contributed by atoms with Gasteiger partial charge in [-0.3, -0.25) is 4.79 Å². The highest BCUT2D eigenvalue weighted by Crippen LogP contribution is 2.50. The minimum absolute atomic E-state index is 0.205. The quantitative estimate of drug-likeness (QED) is 0.834. The molecule has 2 rings (SSSR count). The molecule has 1 saturated carbocycles. The third-order valence-corrected chi connectivity index (χ3v) is 3.39. The molecule has 0 aromatic heterocycles. The molecule has 0 aliphatic heterocycles. The average Bonchev–Trinajstić information content (AvgIpc) is 3.08. The van der Waals surface area contributed by atoms with Gasteiger partial charge in [0.2, 0.25) is 0 Å². The molecule has 1 atom stereocenters. The van der Waals surface area contributed by atoms with Gasteiger partial charge in [-0.25, -0.2) is 0 Å². The van der Waals surface area contributed by atoms with E-state index in [0.29, 0.717) is 0 Å². The average molecular weight is 247 g/mol. The van der Waals surface area contributed by atoms with Crippen molar-refractivity contribution >= 4 is 5.97 Å². The first-order valence-electron chi connectivity index (χ1n) is 6.39. The summed E-state index contributed by atoms with van der Waals surface area (Å²) in [6.07, 6.45) is 1.91. The fourth-order valence-electron chi connectivity index (χ4n) is 2.27. The zero-order valence-electron chi connectivity index (χ0n) is 11.3. The van der Waals surface area contributed by atoms with Gasteiger partial charge in [-0.05, 0) is 39.2 Å². The molecule has 1 aliphatic carbocycles. The van der Waals surface area contributed by atoms with Gasteiger partial charge in [-0.1, -0.05) is 30.3 Å². The highest BCUT2D eigenvalue weighted by atomic mass is 16.6. The summed E-state index contributed by atoms with van der Waals surface area (Å²) in [5.41, 5.74) is 6.57. The van der Waals surface area contributed by atoms with E-state index in [0.717, 1.165) is 18.4 Å². The molecule has 2 N–H and O–H groups in total. The van der Waals surface area contributed by atoms with Gasteiger partial charge in [0.15, 0.2) is 0 Å². The lowest BCUT2D eigenvalue weighted by Crippen LogP contribution is -2.45. The highest BCUT2D eigenvalue weighted by molar-refractivity contribution is 5.79. The van der Waals surface area contributed by atoms with Gasteiger partial charge in [-0.2, -0.15) is 0 Å². The van der Waals surface area contributed by atoms with Crippen LogP contribution >= 0.6 is 0 Å². The number of hydrogen-bond donors (Lipinski definition) is 1. The largest absolute Gasteiger partial charge is 0.459 e. The van der Waals surface area contributed by atoms with E-state index in [1.54, 1.807) is 0 Å². The molecule has 0 amide bonds. The van der Waals surface area contributed by atoms with E-state index in [4.69, 9.17) is 10.5 Å². The number of esters is 1. The Hall–Kier alpha value is -1.35. The van der Waals surface area contributed by atoms with Crippen molar-refractivity contribution < 1.29 is 9.53 Å². The zero-order valence-corrected chi connectivity index (χ0v) is 11.3. The van der Waals surface area contributed by atoms with Crippen molar-refractivity contribution in [3.05, 3.63) is 35.9 Å². The summed E-state index contributed by atoms with van der Waals surface area (Å²) in [5, 5.41) is 0. The number of ether oxygens (including phenoxy) is 1. The Morgan fingerprint density at radius 3 is 2.28 bits per heavy atom. The Morgan fingerprint density at radius 2 is 1.83 bits per heavy atom. The second-order valence-electron chi connectivity index (χ2n) is 6.03. The van der Waals surface area contributed by atoms with Crippen LogP contribution in [0.5, 0.6) is 0 Å². The van der Waals surface area contributed by atoms with Crippen molar-refractivity contribution in [3.63, 3.8) is 0 Å². The van der Waals surface area contributed by atoms with E-state index in [9.17, 15) is 4.79 Å². The summed E-state index contributed by atoms with van der Waals surface area (Å²) in [7, 11) is 0. The number of nitrogens with two attached hydrogens (primary N) is 1. The maximum Gasteiger partial charge on any atom is 0.324 e. The lowest BCUT2D eigenvalue weighted by Gasteiger charge is -2.27.